The second-order valence-corrected chi connectivity index (χ2v) is 5.32. The highest BCUT2D eigenvalue weighted by atomic mass is 32.1. The summed E-state index contributed by atoms with van der Waals surface area (Å²) in [5.41, 5.74) is 0. The smallest absolute Gasteiger partial charge is 0.273 e. The molecule has 1 fully saturated rings. The number of nitrogens with zero attached hydrogens (tertiary/aromatic N) is 2. The highest BCUT2D eigenvalue weighted by Gasteiger charge is 2.26. The molecule has 20 heavy (non-hydrogen) atoms. The van der Waals surface area contributed by atoms with Gasteiger partial charge in [0.25, 0.3) is 5.19 Å². The third-order valence-corrected chi connectivity index (χ3v) is 3.73. The molecule has 3 heterocycles. The molecule has 0 N–H and O–H groups in total. The summed E-state index contributed by atoms with van der Waals surface area (Å²) in [6.45, 7) is 1.30. The Balaban J connectivity index is 1.53. The Morgan fingerprint density at radius 2 is 2.55 bits per heavy atom. The Labute approximate surface area is 120 Å². The Kier molecular flexibility index (Phi) is 3.83. The van der Waals surface area contributed by atoms with E-state index in [2.05, 4.69) is 4.98 Å². The zero-order chi connectivity index (χ0) is 13.8. The minimum atomic E-state index is -0.0216. The van der Waals surface area contributed by atoms with E-state index in [1.54, 1.807) is 29.5 Å². The quantitative estimate of drug-likeness (QED) is 0.812. The van der Waals surface area contributed by atoms with Gasteiger partial charge in [-0.1, -0.05) is 11.3 Å². The van der Waals surface area contributed by atoms with Gasteiger partial charge in [-0.2, -0.15) is 0 Å². The van der Waals surface area contributed by atoms with E-state index in [0.717, 1.165) is 6.42 Å². The van der Waals surface area contributed by atoms with E-state index in [9.17, 15) is 4.79 Å². The van der Waals surface area contributed by atoms with Crippen LogP contribution in [0.3, 0.4) is 0 Å². The van der Waals surface area contributed by atoms with Gasteiger partial charge in [-0.3, -0.25) is 4.79 Å². The molecule has 0 radical (unpaired) electrons. The number of amides is 1. The molecule has 0 bridgehead atoms. The van der Waals surface area contributed by atoms with Crippen molar-refractivity contribution in [3.8, 4) is 5.19 Å². The van der Waals surface area contributed by atoms with Crippen LogP contribution in [-0.2, 0) is 4.79 Å². The van der Waals surface area contributed by atoms with Crippen molar-refractivity contribution in [2.75, 3.05) is 13.1 Å². The van der Waals surface area contributed by atoms with Crippen molar-refractivity contribution in [2.24, 2.45) is 0 Å². The molecule has 0 aliphatic carbocycles. The third kappa shape index (κ3) is 3.08. The Morgan fingerprint density at radius 3 is 3.30 bits per heavy atom. The van der Waals surface area contributed by atoms with Gasteiger partial charge in [0.05, 0.1) is 12.8 Å². The number of hydrogen-bond acceptors (Lipinski definition) is 5. The molecule has 2 aromatic rings. The number of hydrogen-bond donors (Lipinski definition) is 0. The van der Waals surface area contributed by atoms with Crippen LogP contribution in [0.15, 0.2) is 40.5 Å². The van der Waals surface area contributed by atoms with Crippen LogP contribution in [0.2, 0.25) is 0 Å². The molecule has 2 aromatic heterocycles. The maximum absolute atomic E-state index is 12.0. The average Bonchev–Trinajstić information content (AvgIpc) is 3.19. The number of carbonyl (C=O) groups excluding carboxylic acids is 1. The van der Waals surface area contributed by atoms with E-state index >= 15 is 0 Å². The number of ether oxygens (including phenoxy) is 1. The minimum Gasteiger partial charge on any atom is -0.465 e. The Bertz CT molecular complexity index is 578. The van der Waals surface area contributed by atoms with Crippen LogP contribution in [0, 0.1) is 0 Å². The van der Waals surface area contributed by atoms with E-state index in [0.29, 0.717) is 24.0 Å². The molecular formula is C14H14N2O3S. The number of furan rings is 1. The van der Waals surface area contributed by atoms with E-state index < -0.39 is 0 Å². The summed E-state index contributed by atoms with van der Waals surface area (Å²) in [7, 11) is 0. The predicted molar refractivity (Wildman–Crippen MR) is 75.5 cm³/mol. The predicted octanol–water partition coefficient (Wildman–Crippen LogP) is 2.43. The first-order valence-electron chi connectivity index (χ1n) is 6.38. The molecule has 0 spiro atoms. The molecule has 3 rings (SSSR count). The van der Waals surface area contributed by atoms with Crippen molar-refractivity contribution < 1.29 is 13.9 Å². The molecule has 0 saturated carbocycles. The topological polar surface area (TPSA) is 55.6 Å². The fraction of sp³-hybridized carbons (Fsp3) is 0.286. The van der Waals surface area contributed by atoms with Crippen molar-refractivity contribution >= 4 is 23.3 Å². The van der Waals surface area contributed by atoms with Crippen molar-refractivity contribution in [3.63, 3.8) is 0 Å². The third-order valence-electron chi connectivity index (χ3n) is 3.07. The van der Waals surface area contributed by atoms with Gasteiger partial charge in [0.1, 0.15) is 11.9 Å². The zero-order valence-corrected chi connectivity index (χ0v) is 11.6. The summed E-state index contributed by atoms with van der Waals surface area (Å²) in [6.07, 6.45) is 7.37. The summed E-state index contributed by atoms with van der Waals surface area (Å²) in [5.74, 6) is 0.653. The van der Waals surface area contributed by atoms with Gasteiger partial charge in [-0.05, 0) is 18.2 Å². The Morgan fingerprint density at radius 1 is 1.60 bits per heavy atom. The highest BCUT2D eigenvalue weighted by Crippen LogP contribution is 2.20. The average molecular weight is 290 g/mol. The molecule has 0 aromatic carbocycles. The lowest BCUT2D eigenvalue weighted by Gasteiger charge is -2.14. The van der Waals surface area contributed by atoms with Crippen LogP contribution in [0.5, 0.6) is 5.19 Å². The van der Waals surface area contributed by atoms with Crippen LogP contribution in [0.4, 0.5) is 0 Å². The number of aromatic nitrogens is 1. The molecule has 1 amide bonds. The lowest BCUT2D eigenvalue weighted by atomic mass is 10.3. The molecule has 104 valence electrons. The zero-order valence-electron chi connectivity index (χ0n) is 10.8. The molecule has 5 nitrogen and oxygen atoms in total. The van der Waals surface area contributed by atoms with Crippen molar-refractivity contribution in [1.29, 1.82) is 0 Å². The highest BCUT2D eigenvalue weighted by molar-refractivity contribution is 7.11. The van der Waals surface area contributed by atoms with E-state index in [4.69, 9.17) is 9.15 Å². The summed E-state index contributed by atoms with van der Waals surface area (Å²) >= 11 is 1.46. The van der Waals surface area contributed by atoms with Gasteiger partial charge < -0.3 is 14.1 Å². The summed E-state index contributed by atoms with van der Waals surface area (Å²) in [6, 6.07) is 3.60. The maximum atomic E-state index is 12.0. The van der Waals surface area contributed by atoms with Crippen molar-refractivity contribution in [1.82, 2.24) is 9.88 Å². The lowest BCUT2D eigenvalue weighted by molar-refractivity contribution is -0.125. The first-order valence-corrected chi connectivity index (χ1v) is 7.26. The van der Waals surface area contributed by atoms with Crippen molar-refractivity contribution in [3.05, 3.63) is 41.8 Å². The second kappa shape index (κ2) is 5.92. The van der Waals surface area contributed by atoms with E-state index in [1.165, 1.54) is 17.4 Å². The fourth-order valence-electron chi connectivity index (χ4n) is 2.08. The van der Waals surface area contributed by atoms with E-state index in [1.807, 2.05) is 11.4 Å². The SMILES string of the molecule is O=C(/C=C/c1ccco1)N1CC[C@H](Oc2nccs2)C1. The van der Waals surface area contributed by atoms with Crippen LogP contribution < -0.4 is 4.74 Å². The van der Waals surface area contributed by atoms with Gasteiger partial charge >= 0.3 is 0 Å². The largest absolute Gasteiger partial charge is 0.465 e. The summed E-state index contributed by atoms with van der Waals surface area (Å²) in [4.78, 5) is 17.9. The first kappa shape index (κ1) is 12.9. The van der Waals surface area contributed by atoms with Crippen LogP contribution in [0.1, 0.15) is 12.2 Å². The second-order valence-electron chi connectivity index (χ2n) is 4.46. The fourth-order valence-corrected chi connectivity index (χ4v) is 2.63. The number of thiazole rings is 1. The maximum Gasteiger partial charge on any atom is 0.273 e. The lowest BCUT2D eigenvalue weighted by Crippen LogP contribution is -2.29. The first-order chi connectivity index (χ1) is 9.81. The Hall–Kier alpha value is -2.08. The minimum absolute atomic E-state index is 0.0216. The van der Waals surface area contributed by atoms with Gasteiger partial charge in [-0.15, -0.1) is 0 Å². The molecule has 0 unspecified atom stereocenters. The number of carbonyl (C=O) groups is 1. The molecule has 1 atom stereocenters. The summed E-state index contributed by atoms with van der Waals surface area (Å²) in [5, 5.41) is 2.54. The molecule has 1 saturated heterocycles. The summed E-state index contributed by atoms with van der Waals surface area (Å²) < 4.78 is 10.9. The number of rotatable bonds is 4. The molecule has 6 heteroatoms. The molecule has 1 aliphatic rings. The van der Waals surface area contributed by atoms with Gasteiger partial charge in [-0.25, -0.2) is 4.98 Å². The van der Waals surface area contributed by atoms with Crippen molar-refractivity contribution in [2.45, 2.75) is 12.5 Å². The molecule has 1 aliphatic heterocycles. The monoisotopic (exact) mass is 290 g/mol. The number of likely N-dealkylation sites (tertiary alicyclic amines) is 1. The van der Waals surface area contributed by atoms with E-state index in [-0.39, 0.29) is 12.0 Å². The molecular weight excluding hydrogens is 276 g/mol. The van der Waals surface area contributed by atoms with Crippen LogP contribution in [-0.4, -0.2) is 35.0 Å². The van der Waals surface area contributed by atoms with Crippen LogP contribution in [0.25, 0.3) is 6.08 Å². The van der Waals surface area contributed by atoms with Gasteiger partial charge in [0.15, 0.2) is 0 Å². The normalized spacial score (nSPS) is 18.8. The van der Waals surface area contributed by atoms with Gasteiger partial charge in [0, 0.05) is 30.6 Å². The van der Waals surface area contributed by atoms with Crippen LogP contribution >= 0.6 is 11.3 Å². The standard InChI is InChI=1S/C14H14N2O3S/c17-13(4-3-11-2-1-8-18-11)16-7-5-12(10-16)19-14-15-6-9-20-14/h1-4,6,8-9,12H,5,7,10H2/b4-3+/t12-/m0/s1. The van der Waals surface area contributed by atoms with Gasteiger partial charge in [0.2, 0.25) is 5.91 Å².